The predicted octanol–water partition coefficient (Wildman–Crippen LogP) is 2.37. The molecule has 0 aromatic carbocycles. The van der Waals surface area contributed by atoms with Gasteiger partial charge in [-0.25, -0.2) is 0 Å². The van der Waals surface area contributed by atoms with Crippen molar-refractivity contribution < 1.29 is 9.47 Å². The lowest BCUT2D eigenvalue weighted by Crippen LogP contribution is -2.42. The van der Waals surface area contributed by atoms with Crippen LogP contribution in [0.5, 0.6) is 0 Å². The zero-order valence-corrected chi connectivity index (χ0v) is 15.1. The summed E-state index contributed by atoms with van der Waals surface area (Å²) in [5.41, 5.74) is 0. The van der Waals surface area contributed by atoms with E-state index in [1.54, 1.807) is 0 Å². The molecule has 0 aliphatic heterocycles. The summed E-state index contributed by atoms with van der Waals surface area (Å²) in [6.45, 7) is 10.7. The molecule has 1 unspecified atom stereocenters. The summed E-state index contributed by atoms with van der Waals surface area (Å²) in [6, 6.07) is 0. The van der Waals surface area contributed by atoms with Crippen molar-refractivity contribution in [1.82, 2.24) is 10.2 Å². The van der Waals surface area contributed by atoms with E-state index in [2.05, 4.69) is 43.0 Å². The average Bonchev–Trinajstić information content (AvgIpc) is 3.30. The molecule has 0 aromatic rings. The maximum Gasteiger partial charge on any atom is 0.193 e. The lowest BCUT2D eigenvalue weighted by molar-refractivity contribution is 0.0257. The van der Waals surface area contributed by atoms with E-state index in [-0.39, 0.29) is 0 Å². The van der Waals surface area contributed by atoms with E-state index in [4.69, 9.17) is 9.47 Å². The quantitative estimate of drug-likeness (QED) is 0.361. The monoisotopic (exact) mass is 313 g/mol. The van der Waals surface area contributed by atoms with Gasteiger partial charge in [-0.1, -0.05) is 13.8 Å². The van der Waals surface area contributed by atoms with Gasteiger partial charge in [0, 0.05) is 40.4 Å². The first-order valence-electron chi connectivity index (χ1n) is 8.69. The Hall–Kier alpha value is -0.810. The van der Waals surface area contributed by atoms with Crippen LogP contribution in [0.4, 0.5) is 0 Å². The van der Waals surface area contributed by atoms with Crippen LogP contribution >= 0.6 is 0 Å². The van der Waals surface area contributed by atoms with Gasteiger partial charge in [-0.3, -0.25) is 4.99 Å². The number of ether oxygens (including phenoxy) is 2. The molecule has 0 aromatic heterocycles. The molecule has 0 radical (unpaired) electrons. The number of aliphatic imine (C=N–C) groups is 1. The molecule has 5 nitrogen and oxygen atoms in total. The Kier molecular flexibility index (Phi) is 9.48. The third-order valence-corrected chi connectivity index (χ3v) is 4.03. The van der Waals surface area contributed by atoms with E-state index >= 15 is 0 Å². The van der Waals surface area contributed by atoms with E-state index in [1.807, 2.05) is 7.05 Å². The van der Waals surface area contributed by atoms with Gasteiger partial charge in [-0.15, -0.1) is 0 Å². The fraction of sp³-hybridized carbons (Fsp3) is 0.941. The number of hydrogen-bond donors (Lipinski definition) is 1. The molecule has 1 aliphatic carbocycles. The second-order valence-electron chi connectivity index (χ2n) is 6.44. The number of nitrogens with one attached hydrogen (secondary N) is 1. The summed E-state index contributed by atoms with van der Waals surface area (Å²) in [5, 5.41) is 3.42. The summed E-state index contributed by atoms with van der Waals surface area (Å²) in [6.07, 6.45) is 3.99. The third-order valence-electron chi connectivity index (χ3n) is 4.03. The molecule has 1 saturated carbocycles. The Labute approximate surface area is 136 Å². The number of guanidine groups is 1. The highest BCUT2D eigenvalue weighted by molar-refractivity contribution is 5.79. The van der Waals surface area contributed by atoms with Crippen LogP contribution in [0, 0.1) is 11.8 Å². The van der Waals surface area contributed by atoms with Crippen molar-refractivity contribution in [1.29, 1.82) is 0 Å². The molecule has 22 heavy (non-hydrogen) atoms. The molecule has 0 heterocycles. The lowest BCUT2D eigenvalue weighted by Gasteiger charge is -2.24. The summed E-state index contributed by atoms with van der Waals surface area (Å²) in [7, 11) is 3.88. The summed E-state index contributed by atoms with van der Waals surface area (Å²) >= 11 is 0. The fourth-order valence-electron chi connectivity index (χ4n) is 2.38. The van der Waals surface area contributed by atoms with Crippen LogP contribution in [-0.2, 0) is 9.47 Å². The Balaban J connectivity index is 2.18. The largest absolute Gasteiger partial charge is 0.379 e. The molecule has 0 bridgehead atoms. The fourth-order valence-corrected chi connectivity index (χ4v) is 2.38. The average molecular weight is 313 g/mol. The highest BCUT2D eigenvalue weighted by Crippen LogP contribution is 2.28. The number of likely N-dealkylation sites (N-methyl/N-ethyl adjacent to an activating group) is 1. The van der Waals surface area contributed by atoms with Crippen LogP contribution in [0.1, 0.15) is 40.0 Å². The molecule has 1 aliphatic rings. The third kappa shape index (κ3) is 7.99. The van der Waals surface area contributed by atoms with Gasteiger partial charge in [-0.2, -0.15) is 0 Å². The minimum Gasteiger partial charge on any atom is -0.379 e. The first-order valence-corrected chi connectivity index (χ1v) is 8.69. The highest BCUT2D eigenvalue weighted by Gasteiger charge is 2.21. The van der Waals surface area contributed by atoms with Crippen molar-refractivity contribution >= 4 is 5.96 Å². The van der Waals surface area contributed by atoms with Crippen LogP contribution in [0.2, 0.25) is 0 Å². The second kappa shape index (κ2) is 10.8. The van der Waals surface area contributed by atoms with Crippen molar-refractivity contribution in [2.45, 2.75) is 46.1 Å². The minimum atomic E-state index is 0.308. The topological polar surface area (TPSA) is 46.1 Å². The Morgan fingerprint density at radius 1 is 1.36 bits per heavy atom. The maximum atomic E-state index is 5.77. The van der Waals surface area contributed by atoms with Crippen molar-refractivity contribution in [3.8, 4) is 0 Å². The molecule has 1 N–H and O–H groups in total. The molecule has 0 spiro atoms. The van der Waals surface area contributed by atoms with Crippen LogP contribution < -0.4 is 5.32 Å². The zero-order valence-electron chi connectivity index (χ0n) is 15.1. The number of hydrogen-bond acceptors (Lipinski definition) is 3. The van der Waals surface area contributed by atoms with Gasteiger partial charge < -0.3 is 19.7 Å². The maximum absolute atomic E-state index is 5.77. The first kappa shape index (κ1) is 19.2. The minimum absolute atomic E-state index is 0.308. The number of nitrogens with zero attached hydrogens (tertiary/aromatic N) is 2. The van der Waals surface area contributed by atoms with Crippen LogP contribution in [0.3, 0.4) is 0 Å². The van der Waals surface area contributed by atoms with Crippen LogP contribution in [0.15, 0.2) is 4.99 Å². The highest BCUT2D eigenvalue weighted by atomic mass is 16.5. The van der Waals surface area contributed by atoms with E-state index in [0.29, 0.717) is 12.0 Å². The van der Waals surface area contributed by atoms with Crippen molar-refractivity contribution in [2.24, 2.45) is 16.8 Å². The SMILES string of the molecule is CCOC(CCNC(=NC)N(C)CCOCC1CC1)C(C)C. The van der Waals surface area contributed by atoms with Gasteiger partial charge in [0.1, 0.15) is 0 Å². The van der Waals surface area contributed by atoms with Crippen molar-refractivity contribution in [3.63, 3.8) is 0 Å². The summed E-state index contributed by atoms with van der Waals surface area (Å²) in [5.74, 6) is 2.29. The molecular formula is C17H35N3O2. The Bertz CT molecular complexity index is 317. The van der Waals surface area contributed by atoms with Crippen LogP contribution in [0.25, 0.3) is 0 Å². The standard InChI is InChI=1S/C17H35N3O2/c1-6-22-16(14(2)3)9-10-19-17(18-4)20(5)11-12-21-13-15-7-8-15/h14-16H,6-13H2,1-5H3,(H,18,19). The molecule has 1 rings (SSSR count). The second-order valence-corrected chi connectivity index (χ2v) is 6.44. The molecule has 1 fully saturated rings. The molecule has 130 valence electrons. The lowest BCUT2D eigenvalue weighted by atomic mass is 10.0. The smallest absolute Gasteiger partial charge is 0.193 e. The summed E-state index contributed by atoms with van der Waals surface area (Å²) < 4.78 is 11.5. The molecule has 0 saturated heterocycles. The van der Waals surface area contributed by atoms with E-state index < -0.39 is 0 Å². The van der Waals surface area contributed by atoms with Gasteiger partial charge >= 0.3 is 0 Å². The van der Waals surface area contributed by atoms with Crippen LogP contribution in [-0.4, -0.2) is 64.0 Å². The first-order chi connectivity index (χ1) is 10.6. The summed E-state index contributed by atoms with van der Waals surface area (Å²) in [4.78, 5) is 6.46. The van der Waals surface area contributed by atoms with Gasteiger partial charge in [0.25, 0.3) is 0 Å². The van der Waals surface area contributed by atoms with Gasteiger partial charge in [0.15, 0.2) is 5.96 Å². The van der Waals surface area contributed by atoms with E-state index in [1.165, 1.54) is 12.8 Å². The zero-order chi connectivity index (χ0) is 16.4. The normalized spacial score (nSPS) is 16.9. The van der Waals surface area contributed by atoms with E-state index in [0.717, 1.165) is 51.2 Å². The molecule has 0 amide bonds. The van der Waals surface area contributed by atoms with Crippen molar-refractivity contribution in [2.75, 3.05) is 47.0 Å². The molecule has 5 heteroatoms. The number of rotatable bonds is 11. The predicted molar refractivity (Wildman–Crippen MR) is 92.4 cm³/mol. The molecular weight excluding hydrogens is 278 g/mol. The molecule has 1 atom stereocenters. The van der Waals surface area contributed by atoms with Gasteiger partial charge in [0.2, 0.25) is 0 Å². The van der Waals surface area contributed by atoms with E-state index in [9.17, 15) is 0 Å². The van der Waals surface area contributed by atoms with Crippen molar-refractivity contribution in [3.05, 3.63) is 0 Å². The Morgan fingerprint density at radius 2 is 2.09 bits per heavy atom. The van der Waals surface area contributed by atoms with Gasteiger partial charge in [-0.05, 0) is 38.0 Å². The Morgan fingerprint density at radius 3 is 2.64 bits per heavy atom. The van der Waals surface area contributed by atoms with Gasteiger partial charge in [0.05, 0.1) is 12.7 Å².